The Morgan fingerprint density at radius 3 is 2.81 bits per heavy atom. The van der Waals surface area contributed by atoms with Gasteiger partial charge in [-0.05, 0) is 19.3 Å². The summed E-state index contributed by atoms with van der Waals surface area (Å²) in [4.78, 5) is 4.57. The third-order valence-electron chi connectivity index (χ3n) is 4.65. The molecule has 0 spiro atoms. The molecule has 2 aromatic heterocycles. The van der Waals surface area contributed by atoms with Gasteiger partial charge in [-0.2, -0.15) is 10.1 Å². The van der Waals surface area contributed by atoms with Gasteiger partial charge in [0.1, 0.15) is 0 Å². The van der Waals surface area contributed by atoms with Gasteiger partial charge < -0.3 is 9.26 Å². The van der Waals surface area contributed by atoms with Gasteiger partial charge in [0.15, 0.2) is 5.82 Å². The highest BCUT2D eigenvalue weighted by Crippen LogP contribution is 2.36. The van der Waals surface area contributed by atoms with Gasteiger partial charge >= 0.3 is 0 Å². The van der Waals surface area contributed by atoms with Gasteiger partial charge in [0.2, 0.25) is 0 Å². The molecule has 21 heavy (non-hydrogen) atoms. The van der Waals surface area contributed by atoms with Crippen molar-refractivity contribution < 1.29 is 9.26 Å². The van der Waals surface area contributed by atoms with E-state index in [0.717, 1.165) is 30.1 Å². The largest absolute Gasteiger partial charge is 0.381 e. The molecular formula is C15H20N4O2. The van der Waals surface area contributed by atoms with Crippen molar-refractivity contribution >= 4 is 0 Å². The highest BCUT2D eigenvalue weighted by Gasteiger charge is 2.26. The van der Waals surface area contributed by atoms with Crippen molar-refractivity contribution in [2.24, 2.45) is 0 Å². The second-order valence-electron chi connectivity index (χ2n) is 6.05. The van der Waals surface area contributed by atoms with E-state index < -0.39 is 0 Å². The molecule has 1 atom stereocenters. The number of ether oxygens (including phenoxy) is 1. The number of nitrogens with zero attached hydrogens (tertiary/aromatic N) is 3. The average molecular weight is 288 g/mol. The van der Waals surface area contributed by atoms with E-state index in [1.807, 2.05) is 6.20 Å². The van der Waals surface area contributed by atoms with Crippen LogP contribution in [0.1, 0.15) is 61.9 Å². The van der Waals surface area contributed by atoms with Crippen LogP contribution in [0.4, 0.5) is 0 Å². The molecule has 0 bridgehead atoms. The van der Waals surface area contributed by atoms with Gasteiger partial charge in [0.25, 0.3) is 5.89 Å². The van der Waals surface area contributed by atoms with Crippen molar-refractivity contribution in [1.29, 1.82) is 0 Å². The van der Waals surface area contributed by atoms with E-state index in [-0.39, 0.29) is 5.92 Å². The maximum absolute atomic E-state index is 5.48. The molecule has 1 N–H and O–H groups in total. The minimum atomic E-state index is 0.271. The molecule has 0 unspecified atom stereocenters. The van der Waals surface area contributed by atoms with Gasteiger partial charge in [0, 0.05) is 18.4 Å². The summed E-state index contributed by atoms with van der Waals surface area (Å²) < 4.78 is 10.9. The van der Waals surface area contributed by atoms with Crippen molar-refractivity contribution in [3.8, 4) is 11.5 Å². The van der Waals surface area contributed by atoms with Gasteiger partial charge in [-0.25, -0.2) is 0 Å². The molecule has 3 heterocycles. The smallest absolute Gasteiger partial charge is 0.261 e. The van der Waals surface area contributed by atoms with E-state index in [2.05, 4.69) is 20.3 Å². The second kappa shape index (κ2) is 5.60. The fraction of sp³-hybridized carbons (Fsp3) is 0.667. The van der Waals surface area contributed by atoms with Gasteiger partial charge in [-0.1, -0.05) is 24.4 Å². The molecule has 0 radical (unpaired) electrons. The Balaban J connectivity index is 1.60. The summed E-state index contributed by atoms with van der Waals surface area (Å²) in [6, 6.07) is 0. The van der Waals surface area contributed by atoms with E-state index in [0.29, 0.717) is 18.4 Å². The quantitative estimate of drug-likeness (QED) is 0.939. The first kappa shape index (κ1) is 13.0. The van der Waals surface area contributed by atoms with Crippen LogP contribution in [0.15, 0.2) is 10.7 Å². The Morgan fingerprint density at radius 2 is 2.00 bits per heavy atom. The predicted octanol–water partition coefficient (Wildman–Crippen LogP) is 3.01. The van der Waals surface area contributed by atoms with Crippen LogP contribution in [-0.4, -0.2) is 33.6 Å². The zero-order chi connectivity index (χ0) is 14.1. The number of H-pyrrole nitrogens is 1. The van der Waals surface area contributed by atoms with Gasteiger partial charge in [0.05, 0.1) is 24.1 Å². The Hall–Kier alpha value is -1.69. The number of hydrogen-bond donors (Lipinski definition) is 1. The fourth-order valence-electron chi connectivity index (χ4n) is 3.42. The van der Waals surface area contributed by atoms with Crippen molar-refractivity contribution in [2.75, 3.05) is 13.2 Å². The van der Waals surface area contributed by atoms with Crippen LogP contribution in [0.2, 0.25) is 0 Å². The lowest BCUT2D eigenvalue weighted by molar-refractivity contribution is 0.192. The molecule has 6 nitrogen and oxygen atoms in total. The minimum absolute atomic E-state index is 0.271. The lowest BCUT2D eigenvalue weighted by atomic mass is 9.85. The van der Waals surface area contributed by atoms with Crippen molar-refractivity contribution in [1.82, 2.24) is 20.3 Å². The first-order valence-corrected chi connectivity index (χ1v) is 7.87. The standard InChI is InChI=1S/C15H20N4O2/c1-2-4-10(5-3-1)13-12(8-16-18-13)15-17-14(19-21-15)11-6-7-20-9-11/h8,10-11H,1-7,9H2,(H,16,18)/t11-/m0/s1. The Kier molecular flexibility index (Phi) is 3.47. The zero-order valence-corrected chi connectivity index (χ0v) is 12.0. The molecule has 0 aromatic carbocycles. The minimum Gasteiger partial charge on any atom is -0.381 e. The van der Waals surface area contributed by atoms with Crippen LogP contribution in [0, 0.1) is 0 Å². The van der Waals surface area contributed by atoms with Crippen LogP contribution < -0.4 is 0 Å². The zero-order valence-electron chi connectivity index (χ0n) is 12.0. The van der Waals surface area contributed by atoms with Crippen LogP contribution in [0.25, 0.3) is 11.5 Å². The molecule has 4 rings (SSSR count). The van der Waals surface area contributed by atoms with E-state index in [4.69, 9.17) is 9.26 Å². The summed E-state index contributed by atoms with van der Waals surface area (Å²) in [6.45, 7) is 1.48. The third kappa shape index (κ3) is 2.48. The van der Waals surface area contributed by atoms with Crippen LogP contribution in [0.5, 0.6) is 0 Å². The SMILES string of the molecule is c1n[nH]c(C2CCCCC2)c1-c1nc([C@H]2CCOC2)no1. The van der Waals surface area contributed by atoms with Gasteiger partial charge in [-0.15, -0.1) is 0 Å². The average Bonchev–Trinajstić information content (AvgIpc) is 3.27. The number of aromatic nitrogens is 4. The molecule has 112 valence electrons. The van der Waals surface area contributed by atoms with E-state index in [9.17, 15) is 0 Å². The molecule has 1 saturated carbocycles. The lowest BCUT2D eigenvalue weighted by Crippen LogP contribution is -2.06. The third-order valence-corrected chi connectivity index (χ3v) is 4.65. The molecule has 1 aliphatic heterocycles. The molecule has 2 aliphatic rings. The molecule has 1 saturated heterocycles. The van der Waals surface area contributed by atoms with Gasteiger partial charge in [-0.3, -0.25) is 5.10 Å². The molecule has 1 aliphatic carbocycles. The number of nitrogens with one attached hydrogen (secondary N) is 1. The Bertz CT molecular complexity index is 594. The molecule has 0 amide bonds. The number of rotatable bonds is 3. The fourth-order valence-corrected chi connectivity index (χ4v) is 3.42. The van der Waals surface area contributed by atoms with Crippen molar-refractivity contribution in [3.63, 3.8) is 0 Å². The summed E-state index contributed by atoms with van der Waals surface area (Å²) >= 11 is 0. The van der Waals surface area contributed by atoms with Crippen molar-refractivity contribution in [3.05, 3.63) is 17.7 Å². The summed E-state index contributed by atoms with van der Waals surface area (Å²) in [5.41, 5.74) is 2.13. The predicted molar refractivity (Wildman–Crippen MR) is 75.9 cm³/mol. The number of hydrogen-bond acceptors (Lipinski definition) is 5. The van der Waals surface area contributed by atoms with Crippen LogP contribution >= 0.6 is 0 Å². The highest BCUT2D eigenvalue weighted by molar-refractivity contribution is 5.56. The molecule has 2 fully saturated rings. The number of aromatic amines is 1. The monoisotopic (exact) mass is 288 g/mol. The second-order valence-corrected chi connectivity index (χ2v) is 6.05. The first-order chi connectivity index (χ1) is 10.4. The lowest BCUT2D eigenvalue weighted by Gasteiger charge is -2.20. The first-order valence-electron chi connectivity index (χ1n) is 7.87. The van der Waals surface area contributed by atoms with Crippen molar-refractivity contribution in [2.45, 2.75) is 50.4 Å². The summed E-state index contributed by atoms with van der Waals surface area (Å²) in [6.07, 6.45) is 9.13. The Labute approximate surface area is 123 Å². The van der Waals surface area contributed by atoms with E-state index >= 15 is 0 Å². The van der Waals surface area contributed by atoms with E-state index in [1.54, 1.807) is 0 Å². The van der Waals surface area contributed by atoms with Crippen LogP contribution in [0.3, 0.4) is 0 Å². The van der Waals surface area contributed by atoms with E-state index in [1.165, 1.54) is 32.1 Å². The Morgan fingerprint density at radius 1 is 1.10 bits per heavy atom. The molecular weight excluding hydrogens is 268 g/mol. The summed E-state index contributed by atoms with van der Waals surface area (Å²) in [7, 11) is 0. The van der Waals surface area contributed by atoms with Crippen LogP contribution in [-0.2, 0) is 4.74 Å². The highest BCUT2D eigenvalue weighted by atomic mass is 16.5. The molecule has 2 aromatic rings. The molecule has 6 heteroatoms. The normalized spacial score (nSPS) is 23.7. The maximum Gasteiger partial charge on any atom is 0.261 e. The maximum atomic E-state index is 5.48. The summed E-state index contributed by atoms with van der Waals surface area (Å²) in [5.74, 6) is 2.17. The summed E-state index contributed by atoms with van der Waals surface area (Å²) in [5, 5.41) is 11.5. The topological polar surface area (TPSA) is 76.8 Å².